The minimum Gasteiger partial charge on any atom is -0.476 e. The lowest BCUT2D eigenvalue weighted by atomic mass is 10.3. The molecule has 1 N–H and O–H groups in total. The van der Waals surface area contributed by atoms with Crippen molar-refractivity contribution in [2.75, 3.05) is 0 Å². The summed E-state index contributed by atoms with van der Waals surface area (Å²) in [6.45, 7) is -0.0461. The van der Waals surface area contributed by atoms with E-state index in [9.17, 15) is 14.0 Å². The highest BCUT2D eigenvalue weighted by molar-refractivity contribution is 7.16. The monoisotopic (exact) mass is 294 g/mol. The van der Waals surface area contributed by atoms with Gasteiger partial charge in [-0.3, -0.25) is 9.36 Å². The minimum atomic E-state index is -1.21. The van der Waals surface area contributed by atoms with Crippen LogP contribution in [0.5, 0.6) is 0 Å². The van der Waals surface area contributed by atoms with Gasteiger partial charge in [0, 0.05) is 0 Å². The van der Waals surface area contributed by atoms with Gasteiger partial charge in [0.15, 0.2) is 5.69 Å². The lowest BCUT2D eigenvalue weighted by molar-refractivity contribution is 0.0690. The molecule has 0 saturated carbocycles. The van der Waals surface area contributed by atoms with Crippen molar-refractivity contribution in [1.82, 2.24) is 9.55 Å². The molecule has 0 saturated heterocycles. The van der Waals surface area contributed by atoms with Crippen LogP contribution in [0.1, 0.15) is 16.4 Å². The van der Waals surface area contributed by atoms with Gasteiger partial charge in [0.05, 0.1) is 10.2 Å². The van der Waals surface area contributed by atoms with Crippen LogP contribution in [0.25, 0.3) is 10.2 Å². The number of fused-ring (bicyclic) bond motifs is 1. The zero-order valence-corrected chi connectivity index (χ0v) is 10.7. The maximum absolute atomic E-state index is 13.6. The maximum Gasteiger partial charge on any atom is 0.357 e. The van der Waals surface area contributed by atoms with E-state index in [2.05, 4.69) is 4.98 Å². The Morgan fingerprint density at radius 3 is 3.00 bits per heavy atom. The molecule has 0 aliphatic rings. The van der Waals surface area contributed by atoms with Gasteiger partial charge >= 0.3 is 10.8 Å². The molecule has 2 aromatic heterocycles. The Morgan fingerprint density at radius 1 is 1.50 bits per heavy atom. The second-order valence-corrected chi connectivity index (χ2v) is 4.94. The number of carboxylic acids is 1. The van der Waals surface area contributed by atoms with Gasteiger partial charge in [0.25, 0.3) is 0 Å². The van der Waals surface area contributed by atoms with Gasteiger partial charge in [-0.05, 0) is 12.1 Å². The first kappa shape index (κ1) is 12.5. The standard InChI is InChI=1S/C12H7FN2O4S/c13-6-2-1-3-8-10(6)20-12(18)15(8)4-9-14-7(5-19-9)11(16)17/h1-3,5H,4H2,(H,16,17). The first-order valence-electron chi connectivity index (χ1n) is 5.52. The number of thiazole rings is 1. The summed E-state index contributed by atoms with van der Waals surface area (Å²) >= 11 is 0.784. The van der Waals surface area contributed by atoms with Crippen molar-refractivity contribution in [3.63, 3.8) is 0 Å². The van der Waals surface area contributed by atoms with Crippen molar-refractivity contribution in [3.05, 3.63) is 51.5 Å². The van der Waals surface area contributed by atoms with E-state index in [4.69, 9.17) is 9.52 Å². The van der Waals surface area contributed by atoms with Crippen molar-refractivity contribution in [3.8, 4) is 0 Å². The molecule has 3 rings (SSSR count). The fourth-order valence-electron chi connectivity index (χ4n) is 1.82. The summed E-state index contributed by atoms with van der Waals surface area (Å²) in [5.74, 6) is -1.61. The number of nitrogens with zero attached hydrogens (tertiary/aromatic N) is 2. The van der Waals surface area contributed by atoms with Crippen LogP contribution in [-0.2, 0) is 6.54 Å². The van der Waals surface area contributed by atoms with Gasteiger partial charge in [-0.25, -0.2) is 14.2 Å². The molecule has 102 valence electrons. The van der Waals surface area contributed by atoms with E-state index in [1.807, 2.05) is 0 Å². The van der Waals surface area contributed by atoms with Crippen LogP contribution in [0, 0.1) is 5.82 Å². The Kier molecular flexibility index (Phi) is 2.87. The molecule has 0 aliphatic heterocycles. The Hall–Kier alpha value is -2.48. The third-order valence-corrected chi connectivity index (χ3v) is 3.71. The molecule has 0 spiro atoms. The number of hydrogen-bond acceptors (Lipinski definition) is 5. The predicted molar refractivity (Wildman–Crippen MR) is 68.6 cm³/mol. The minimum absolute atomic E-state index is 0.0461. The Morgan fingerprint density at radius 2 is 2.30 bits per heavy atom. The number of aromatic nitrogens is 2. The molecule has 1 aromatic carbocycles. The molecule has 8 heteroatoms. The van der Waals surface area contributed by atoms with E-state index < -0.39 is 11.8 Å². The van der Waals surface area contributed by atoms with Crippen LogP contribution in [0.4, 0.5) is 4.39 Å². The van der Waals surface area contributed by atoms with Crippen LogP contribution in [0.15, 0.2) is 33.7 Å². The molecule has 2 heterocycles. The first-order valence-corrected chi connectivity index (χ1v) is 6.33. The number of carbonyl (C=O) groups is 1. The predicted octanol–water partition coefficient (Wildman–Crippen LogP) is 1.94. The fourth-order valence-corrected chi connectivity index (χ4v) is 2.71. The smallest absolute Gasteiger partial charge is 0.357 e. The lowest BCUT2D eigenvalue weighted by Gasteiger charge is -1.99. The van der Waals surface area contributed by atoms with Gasteiger partial charge in [0.1, 0.15) is 18.6 Å². The zero-order chi connectivity index (χ0) is 14.3. The lowest BCUT2D eigenvalue weighted by Crippen LogP contribution is -2.14. The molecule has 0 atom stereocenters. The van der Waals surface area contributed by atoms with Crippen molar-refractivity contribution in [2.24, 2.45) is 0 Å². The SMILES string of the molecule is O=C(O)c1coc(Cn2c(=O)sc3c(F)cccc32)n1. The average Bonchev–Trinajstić information content (AvgIpc) is 2.98. The van der Waals surface area contributed by atoms with Gasteiger partial charge in [-0.1, -0.05) is 17.4 Å². The molecule has 0 bridgehead atoms. The Labute approximate surface area is 114 Å². The number of aromatic carboxylic acids is 1. The van der Waals surface area contributed by atoms with E-state index in [1.54, 1.807) is 6.07 Å². The summed E-state index contributed by atoms with van der Waals surface area (Å²) < 4.78 is 20.1. The molecule has 0 unspecified atom stereocenters. The fraction of sp³-hybridized carbons (Fsp3) is 0.0833. The van der Waals surface area contributed by atoms with Crippen LogP contribution in [0.3, 0.4) is 0 Å². The Balaban J connectivity index is 2.06. The van der Waals surface area contributed by atoms with E-state index in [-0.39, 0.29) is 27.7 Å². The summed E-state index contributed by atoms with van der Waals surface area (Å²) in [4.78, 5) is 25.9. The van der Waals surface area contributed by atoms with Gasteiger partial charge in [-0.15, -0.1) is 0 Å². The number of rotatable bonds is 3. The van der Waals surface area contributed by atoms with Crippen molar-refractivity contribution in [1.29, 1.82) is 0 Å². The first-order chi connectivity index (χ1) is 9.56. The molecule has 3 aromatic rings. The maximum atomic E-state index is 13.6. The zero-order valence-electron chi connectivity index (χ0n) is 9.87. The summed E-state index contributed by atoms with van der Waals surface area (Å²) in [6, 6.07) is 4.38. The van der Waals surface area contributed by atoms with E-state index >= 15 is 0 Å². The second-order valence-electron chi connectivity index (χ2n) is 3.97. The average molecular weight is 294 g/mol. The largest absolute Gasteiger partial charge is 0.476 e. The van der Waals surface area contributed by atoms with Crippen LogP contribution in [0.2, 0.25) is 0 Å². The van der Waals surface area contributed by atoms with E-state index in [0.29, 0.717) is 5.52 Å². The van der Waals surface area contributed by atoms with Crippen molar-refractivity contribution < 1.29 is 18.7 Å². The van der Waals surface area contributed by atoms with Crippen LogP contribution < -0.4 is 4.87 Å². The van der Waals surface area contributed by atoms with Gasteiger partial charge < -0.3 is 9.52 Å². The van der Waals surface area contributed by atoms with Crippen LogP contribution in [-0.4, -0.2) is 20.6 Å². The molecule has 0 amide bonds. The van der Waals surface area contributed by atoms with Crippen LogP contribution >= 0.6 is 11.3 Å². The number of benzene rings is 1. The van der Waals surface area contributed by atoms with Gasteiger partial charge in [0.2, 0.25) is 5.89 Å². The molecular formula is C12H7FN2O4S. The van der Waals surface area contributed by atoms with Crippen molar-refractivity contribution in [2.45, 2.75) is 6.54 Å². The summed E-state index contributed by atoms with van der Waals surface area (Å²) in [5, 5.41) is 8.75. The highest BCUT2D eigenvalue weighted by Crippen LogP contribution is 2.21. The van der Waals surface area contributed by atoms with E-state index in [1.165, 1.54) is 16.7 Å². The third-order valence-electron chi connectivity index (χ3n) is 2.71. The highest BCUT2D eigenvalue weighted by atomic mass is 32.1. The summed E-state index contributed by atoms with van der Waals surface area (Å²) in [7, 11) is 0. The molecule has 0 radical (unpaired) electrons. The Bertz CT molecular complexity index is 864. The number of carboxylic acid groups (broad SMARTS) is 1. The summed E-state index contributed by atoms with van der Waals surface area (Å²) in [6.07, 6.45) is 0.998. The van der Waals surface area contributed by atoms with E-state index in [0.717, 1.165) is 17.6 Å². The molecule has 0 fully saturated rings. The number of hydrogen-bond donors (Lipinski definition) is 1. The number of oxazole rings is 1. The topological polar surface area (TPSA) is 85.3 Å². The highest BCUT2D eigenvalue weighted by Gasteiger charge is 2.15. The van der Waals surface area contributed by atoms with Crippen molar-refractivity contribution >= 4 is 27.5 Å². The van der Waals surface area contributed by atoms with Gasteiger partial charge in [-0.2, -0.15) is 0 Å². The number of halogens is 1. The quantitative estimate of drug-likeness (QED) is 0.797. The summed E-state index contributed by atoms with van der Waals surface area (Å²) in [5.41, 5.74) is 0.189. The molecular weight excluding hydrogens is 287 g/mol. The molecule has 20 heavy (non-hydrogen) atoms. The molecule has 0 aliphatic carbocycles. The molecule has 6 nitrogen and oxygen atoms in total. The third kappa shape index (κ3) is 1.99. The normalized spacial score (nSPS) is 11.1. The second kappa shape index (κ2) is 4.57.